The number of amides is 2. The van der Waals surface area contributed by atoms with Crippen LogP contribution in [0.15, 0.2) is 105 Å². The summed E-state index contributed by atoms with van der Waals surface area (Å²) in [7, 11) is 0. The quantitative estimate of drug-likeness (QED) is 0.118. The summed E-state index contributed by atoms with van der Waals surface area (Å²) in [5.41, 5.74) is 6.93. The van der Waals surface area contributed by atoms with Gasteiger partial charge in [-0.25, -0.2) is 9.82 Å². The molecule has 0 aliphatic carbocycles. The van der Waals surface area contributed by atoms with Crippen LogP contribution in [0.1, 0.15) is 33.3 Å². The molecule has 5 rings (SSSR count). The molecule has 0 spiro atoms. The summed E-state index contributed by atoms with van der Waals surface area (Å²) in [6.07, 6.45) is 1.46. The molecule has 0 bridgehead atoms. The van der Waals surface area contributed by atoms with Crippen LogP contribution in [0.25, 0.3) is 5.69 Å². The number of halogens is 2. The molecule has 2 heterocycles. The van der Waals surface area contributed by atoms with Gasteiger partial charge >= 0.3 is 5.91 Å². The second kappa shape index (κ2) is 13.9. The third-order valence-corrected chi connectivity index (χ3v) is 7.07. The van der Waals surface area contributed by atoms with E-state index in [0.29, 0.717) is 33.0 Å². The molecule has 2 N–H and O–H groups in total. The molecular weight excluding hydrogens is 631 g/mol. The standard InChI is InChI=1S/C33H28BrFN4O5/c1-21-3-4-22(2)39(21)26-10-12-27(13-11-26)42-19-28-14-16-31(44-28)33(41)38-36-18-23-5-15-30(29(34)17-23)43-20-32(40)37-25-8-6-24(35)7-9-25/h3-18H,19-20H2,1-2H3,(H,37,40)(H,38,41)/b36-18+. The minimum Gasteiger partial charge on any atom is -0.486 e. The average molecular weight is 660 g/mol. The van der Waals surface area contributed by atoms with Gasteiger partial charge in [0, 0.05) is 22.8 Å². The number of ether oxygens (including phenoxy) is 2. The van der Waals surface area contributed by atoms with Gasteiger partial charge in [-0.2, -0.15) is 5.10 Å². The van der Waals surface area contributed by atoms with Crippen molar-refractivity contribution >= 4 is 39.6 Å². The van der Waals surface area contributed by atoms with Crippen LogP contribution in [-0.2, 0) is 11.4 Å². The molecule has 44 heavy (non-hydrogen) atoms. The van der Waals surface area contributed by atoms with Crippen LogP contribution in [0.2, 0.25) is 0 Å². The van der Waals surface area contributed by atoms with Crippen molar-refractivity contribution in [3.63, 3.8) is 0 Å². The third kappa shape index (κ3) is 7.81. The molecule has 0 unspecified atom stereocenters. The first-order valence-electron chi connectivity index (χ1n) is 13.5. The van der Waals surface area contributed by atoms with Gasteiger partial charge in [-0.15, -0.1) is 0 Å². The predicted molar refractivity (Wildman–Crippen MR) is 168 cm³/mol. The van der Waals surface area contributed by atoms with Crippen molar-refractivity contribution in [3.8, 4) is 17.2 Å². The average Bonchev–Trinajstić information content (AvgIpc) is 3.63. The van der Waals surface area contributed by atoms with Crippen molar-refractivity contribution in [3.05, 3.63) is 130 Å². The Morgan fingerprint density at radius 3 is 2.36 bits per heavy atom. The van der Waals surface area contributed by atoms with E-state index in [4.69, 9.17) is 13.9 Å². The van der Waals surface area contributed by atoms with Gasteiger partial charge in [-0.05, 0) is 126 Å². The van der Waals surface area contributed by atoms with Gasteiger partial charge in [-0.3, -0.25) is 9.59 Å². The van der Waals surface area contributed by atoms with Crippen LogP contribution in [0.3, 0.4) is 0 Å². The smallest absolute Gasteiger partial charge is 0.307 e. The van der Waals surface area contributed by atoms with Gasteiger partial charge in [-0.1, -0.05) is 0 Å². The Bertz CT molecular complexity index is 1780. The number of nitrogens with zero attached hydrogens (tertiary/aromatic N) is 2. The Labute approximate surface area is 261 Å². The summed E-state index contributed by atoms with van der Waals surface area (Å²) >= 11 is 3.41. The first kappa shape index (κ1) is 30.3. The minimum atomic E-state index is -0.513. The number of hydrazone groups is 1. The molecule has 0 saturated carbocycles. The van der Waals surface area contributed by atoms with Crippen LogP contribution in [0.5, 0.6) is 11.5 Å². The maximum atomic E-state index is 13.0. The first-order chi connectivity index (χ1) is 21.2. The van der Waals surface area contributed by atoms with Crippen molar-refractivity contribution in [1.82, 2.24) is 9.99 Å². The van der Waals surface area contributed by atoms with Crippen molar-refractivity contribution in [2.75, 3.05) is 11.9 Å². The van der Waals surface area contributed by atoms with Crippen molar-refractivity contribution in [2.45, 2.75) is 20.5 Å². The number of anilines is 1. The number of aromatic nitrogens is 1. The molecular formula is C33H28BrFN4O5. The van der Waals surface area contributed by atoms with Gasteiger partial charge in [0.2, 0.25) is 0 Å². The second-order valence-corrected chi connectivity index (χ2v) is 10.6. The molecule has 3 aromatic carbocycles. The van der Waals surface area contributed by atoms with E-state index in [1.165, 1.54) is 30.5 Å². The molecule has 224 valence electrons. The first-order valence-corrected chi connectivity index (χ1v) is 14.3. The Morgan fingerprint density at radius 2 is 1.66 bits per heavy atom. The number of carbonyl (C=O) groups is 2. The van der Waals surface area contributed by atoms with Gasteiger partial charge in [0.25, 0.3) is 5.91 Å². The van der Waals surface area contributed by atoms with Crippen LogP contribution in [0, 0.1) is 19.7 Å². The molecule has 0 saturated heterocycles. The van der Waals surface area contributed by atoms with E-state index < -0.39 is 11.8 Å². The number of benzene rings is 3. The minimum absolute atomic E-state index is 0.0958. The molecule has 11 heteroatoms. The summed E-state index contributed by atoms with van der Waals surface area (Å²) < 4.78 is 32.8. The molecule has 2 aromatic heterocycles. The Balaban J connectivity index is 1.07. The van der Waals surface area contributed by atoms with Crippen LogP contribution in [0.4, 0.5) is 10.1 Å². The zero-order valence-corrected chi connectivity index (χ0v) is 25.4. The molecule has 0 fully saturated rings. The van der Waals surface area contributed by atoms with Crippen molar-refractivity contribution in [2.24, 2.45) is 5.10 Å². The molecule has 0 radical (unpaired) electrons. The highest BCUT2D eigenvalue weighted by Gasteiger charge is 2.12. The Hall–Kier alpha value is -5.16. The summed E-state index contributed by atoms with van der Waals surface area (Å²) in [5.74, 6) is 0.410. The van der Waals surface area contributed by atoms with Crippen LogP contribution >= 0.6 is 15.9 Å². The fourth-order valence-corrected chi connectivity index (χ4v) is 4.82. The molecule has 0 atom stereocenters. The molecule has 0 aliphatic rings. The zero-order chi connectivity index (χ0) is 31.1. The number of hydrogen-bond donors (Lipinski definition) is 2. The van der Waals surface area contributed by atoms with Crippen molar-refractivity contribution in [1.29, 1.82) is 0 Å². The Kier molecular flexibility index (Phi) is 9.56. The van der Waals surface area contributed by atoms with E-state index in [9.17, 15) is 14.0 Å². The van der Waals surface area contributed by atoms with E-state index >= 15 is 0 Å². The lowest BCUT2D eigenvalue weighted by Gasteiger charge is -2.10. The predicted octanol–water partition coefficient (Wildman–Crippen LogP) is 6.95. The molecule has 9 nitrogen and oxygen atoms in total. The fraction of sp³-hybridized carbons (Fsp3) is 0.121. The SMILES string of the molecule is Cc1ccc(C)n1-c1ccc(OCc2ccc(C(=O)N/N=C/c3ccc(OCC(=O)Nc4ccc(F)cc4)c(Br)c3)o2)cc1. The Morgan fingerprint density at radius 1 is 0.932 bits per heavy atom. The van der Waals surface area contributed by atoms with E-state index in [1.807, 2.05) is 24.3 Å². The van der Waals surface area contributed by atoms with Gasteiger partial charge < -0.3 is 23.8 Å². The van der Waals surface area contributed by atoms with Crippen LogP contribution in [-0.4, -0.2) is 29.2 Å². The van der Waals surface area contributed by atoms with E-state index in [-0.39, 0.29) is 24.8 Å². The highest BCUT2D eigenvalue weighted by Crippen LogP contribution is 2.26. The highest BCUT2D eigenvalue weighted by molar-refractivity contribution is 9.10. The van der Waals surface area contributed by atoms with Gasteiger partial charge in [0.15, 0.2) is 12.4 Å². The summed E-state index contributed by atoms with van der Waals surface area (Å²) in [4.78, 5) is 24.6. The normalized spacial score (nSPS) is 11.0. The van der Waals surface area contributed by atoms with Gasteiger partial charge in [0.05, 0.1) is 10.7 Å². The number of aryl methyl sites for hydroxylation is 2. The molecule has 5 aromatic rings. The summed E-state index contributed by atoms with van der Waals surface area (Å²) in [5, 5.41) is 6.61. The summed E-state index contributed by atoms with van der Waals surface area (Å²) in [6, 6.07) is 25.7. The topological polar surface area (TPSA) is 107 Å². The number of hydrogen-bond acceptors (Lipinski definition) is 6. The van der Waals surface area contributed by atoms with E-state index in [0.717, 1.165) is 17.1 Å². The molecule has 2 amide bonds. The number of furan rings is 1. The highest BCUT2D eigenvalue weighted by atomic mass is 79.9. The molecule has 0 aliphatic heterocycles. The zero-order valence-electron chi connectivity index (χ0n) is 23.8. The second-order valence-electron chi connectivity index (χ2n) is 9.73. The lowest BCUT2D eigenvalue weighted by atomic mass is 10.2. The number of rotatable bonds is 11. The van der Waals surface area contributed by atoms with Gasteiger partial charge in [0.1, 0.15) is 29.7 Å². The maximum absolute atomic E-state index is 13.0. The van der Waals surface area contributed by atoms with E-state index in [1.54, 1.807) is 30.3 Å². The van der Waals surface area contributed by atoms with Crippen LogP contribution < -0.4 is 20.2 Å². The van der Waals surface area contributed by atoms with E-state index in [2.05, 4.69) is 62.3 Å². The lowest BCUT2D eigenvalue weighted by Crippen LogP contribution is -2.20. The lowest BCUT2D eigenvalue weighted by molar-refractivity contribution is -0.118. The monoisotopic (exact) mass is 658 g/mol. The largest absolute Gasteiger partial charge is 0.486 e. The third-order valence-electron chi connectivity index (χ3n) is 6.46. The number of carbonyl (C=O) groups excluding carboxylic acids is 2. The fourth-order valence-electron chi connectivity index (χ4n) is 4.31. The maximum Gasteiger partial charge on any atom is 0.307 e. The summed E-state index contributed by atoms with van der Waals surface area (Å²) in [6.45, 7) is 4.04. The number of nitrogens with one attached hydrogen (secondary N) is 2. The van der Waals surface area contributed by atoms with Crippen molar-refractivity contribution < 1.29 is 27.9 Å².